The summed E-state index contributed by atoms with van der Waals surface area (Å²) in [5.74, 6) is -0.602. The smallest absolute Gasteiger partial charge is 0.350 e. The molecule has 0 unspecified atom stereocenters. The van der Waals surface area contributed by atoms with Crippen LogP contribution in [0.3, 0.4) is 0 Å². The van der Waals surface area contributed by atoms with Crippen molar-refractivity contribution in [3.8, 4) is 0 Å². The zero-order valence-corrected chi connectivity index (χ0v) is 14.0. The Hall–Kier alpha value is -1.58. The van der Waals surface area contributed by atoms with Crippen molar-refractivity contribution in [2.75, 3.05) is 17.6 Å². The first-order chi connectivity index (χ1) is 9.85. The van der Waals surface area contributed by atoms with Crippen molar-refractivity contribution in [3.63, 3.8) is 0 Å². The SMILES string of the molecule is COC(=O)c1sccc1NS(=O)(=O)c1cc(N)ccc1Br. The first-order valence-electron chi connectivity index (χ1n) is 5.59. The number of thiophene rings is 1. The number of hydrogen-bond donors (Lipinski definition) is 2. The van der Waals surface area contributed by atoms with Crippen LogP contribution in [0.4, 0.5) is 11.4 Å². The highest BCUT2D eigenvalue weighted by molar-refractivity contribution is 9.10. The molecule has 0 aliphatic rings. The van der Waals surface area contributed by atoms with Gasteiger partial charge < -0.3 is 10.5 Å². The van der Waals surface area contributed by atoms with Crippen molar-refractivity contribution < 1.29 is 17.9 Å². The van der Waals surface area contributed by atoms with Gasteiger partial charge in [0.2, 0.25) is 0 Å². The van der Waals surface area contributed by atoms with Gasteiger partial charge in [0.15, 0.2) is 0 Å². The third kappa shape index (κ3) is 3.36. The van der Waals surface area contributed by atoms with Gasteiger partial charge >= 0.3 is 5.97 Å². The number of nitrogen functional groups attached to an aromatic ring is 1. The molecule has 1 heterocycles. The lowest BCUT2D eigenvalue weighted by Crippen LogP contribution is -2.15. The maximum absolute atomic E-state index is 12.4. The van der Waals surface area contributed by atoms with Gasteiger partial charge in [-0.3, -0.25) is 4.72 Å². The molecule has 0 aliphatic heterocycles. The lowest BCUT2D eigenvalue weighted by Gasteiger charge is -2.10. The number of nitrogens with two attached hydrogens (primary N) is 1. The Labute approximate surface area is 134 Å². The summed E-state index contributed by atoms with van der Waals surface area (Å²) in [5, 5.41) is 1.60. The van der Waals surface area contributed by atoms with E-state index in [-0.39, 0.29) is 15.5 Å². The lowest BCUT2D eigenvalue weighted by atomic mass is 10.3. The van der Waals surface area contributed by atoms with Gasteiger partial charge in [-0.1, -0.05) is 0 Å². The second-order valence-corrected chi connectivity index (χ2v) is 7.37. The van der Waals surface area contributed by atoms with E-state index in [9.17, 15) is 13.2 Å². The number of benzene rings is 1. The fourth-order valence-corrected chi connectivity index (χ4v) is 4.47. The number of ether oxygens (including phenoxy) is 1. The number of anilines is 2. The highest BCUT2D eigenvalue weighted by Gasteiger charge is 2.22. The fourth-order valence-electron chi connectivity index (χ4n) is 1.57. The number of carbonyl (C=O) groups is 1. The van der Waals surface area contributed by atoms with Crippen LogP contribution in [0.1, 0.15) is 9.67 Å². The van der Waals surface area contributed by atoms with Crippen molar-refractivity contribution >= 4 is 54.6 Å². The van der Waals surface area contributed by atoms with E-state index in [0.717, 1.165) is 11.3 Å². The number of halogens is 1. The molecule has 0 aliphatic carbocycles. The van der Waals surface area contributed by atoms with E-state index in [1.54, 1.807) is 17.5 Å². The van der Waals surface area contributed by atoms with E-state index < -0.39 is 16.0 Å². The molecule has 2 aromatic rings. The predicted molar refractivity (Wildman–Crippen MR) is 85.0 cm³/mol. The predicted octanol–water partition coefficient (Wildman–Crippen LogP) is 2.68. The van der Waals surface area contributed by atoms with Crippen molar-refractivity contribution in [1.29, 1.82) is 0 Å². The van der Waals surface area contributed by atoms with Gasteiger partial charge in [-0.25, -0.2) is 13.2 Å². The number of carbonyl (C=O) groups excluding carboxylic acids is 1. The van der Waals surface area contributed by atoms with E-state index in [0.29, 0.717) is 10.2 Å². The average Bonchev–Trinajstić information content (AvgIpc) is 2.87. The molecule has 0 saturated carbocycles. The summed E-state index contributed by atoms with van der Waals surface area (Å²) < 4.78 is 32.1. The second-order valence-electron chi connectivity index (χ2n) is 3.95. The van der Waals surface area contributed by atoms with Gasteiger partial charge in [0, 0.05) is 10.2 Å². The van der Waals surface area contributed by atoms with Gasteiger partial charge in [-0.05, 0) is 45.6 Å². The average molecular weight is 391 g/mol. The van der Waals surface area contributed by atoms with Crippen LogP contribution in [0.15, 0.2) is 39.0 Å². The van der Waals surface area contributed by atoms with Crippen LogP contribution < -0.4 is 10.5 Å². The van der Waals surface area contributed by atoms with E-state index >= 15 is 0 Å². The molecule has 9 heteroatoms. The molecule has 0 amide bonds. The first kappa shape index (κ1) is 15.8. The summed E-state index contributed by atoms with van der Waals surface area (Å²) in [6.07, 6.45) is 0. The molecule has 112 valence electrons. The standard InChI is InChI=1S/C12H11BrN2O4S2/c1-19-12(16)11-9(4-5-20-11)15-21(17,18)10-6-7(14)2-3-8(10)13/h2-6,15H,14H2,1H3. The Bertz CT molecular complexity index is 786. The zero-order chi connectivity index (χ0) is 15.6. The Morgan fingerprint density at radius 2 is 2.10 bits per heavy atom. The summed E-state index contributed by atoms with van der Waals surface area (Å²) >= 11 is 4.26. The molecule has 6 nitrogen and oxygen atoms in total. The fraction of sp³-hybridized carbons (Fsp3) is 0.0833. The van der Waals surface area contributed by atoms with Crippen LogP contribution in [0.2, 0.25) is 0 Å². The van der Waals surface area contributed by atoms with E-state index in [1.165, 1.54) is 19.2 Å². The van der Waals surface area contributed by atoms with Gasteiger partial charge in [-0.2, -0.15) is 0 Å². The van der Waals surface area contributed by atoms with Crippen LogP contribution >= 0.6 is 27.3 Å². The molecule has 0 spiro atoms. The van der Waals surface area contributed by atoms with Crippen LogP contribution in [-0.4, -0.2) is 21.5 Å². The number of sulfonamides is 1. The maximum Gasteiger partial charge on any atom is 0.350 e. The molecule has 0 fully saturated rings. The molecule has 2 rings (SSSR count). The van der Waals surface area contributed by atoms with Gasteiger partial charge in [-0.15, -0.1) is 11.3 Å². The Balaban J connectivity index is 2.41. The molecule has 3 N–H and O–H groups in total. The molecule has 21 heavy (non-hydrogen) atoms. The summed E-state index contributed by atoms with van der Waals surface area (Å²) in [6, 6.07) is 5.94. The second kappa shape index (κ2) is 6.04. The third-order valence-corrected chi connectivity index (χ3v) is 5.78. The van der Waals surface area contributed by atoms with Crippen molar-refractivity contribution in [2.45, 2.75) is 4.90 Å². The minimum Gasteiger partial charge on any atom is -0.465 e. The van der Waals surface area contributed by atoms with E-state index in [1.807, 2.05) is 0 Å². The lowest BCUT2D eigenvalue weighted by molar-refractivity contribution is 0.0607. The van der Waals surface area contributed by atoms with E-state index in [2.05, 4.69) is 25.4 Å². The first-order valence-corrected chi connectivity index (χ1v) is 8.74. The Morgan fingerprint density at radius 3 is 2.76 bits per heavy atom. The molecule has 0 radical (unpaired) electrons. The molecule has 1 aromatic carbocycles. The van der Waals surface area contributed by atoms with Crippen molar-refractivity contribution in [1.82, 2.24) is 0 Å². The molecule has 1 aromatic heterocycles. The van der Waals surface area contributed by atoms with Crippen LogP contribution in [0.5, 0.6) is 0 Å². The van der Waals surface area contributed by atoms with Gasteiger partial charge in [0.25, 0.3) is 10.0 Å². The Kier molecular flexibility index (Phi) is 4.55. The van der Waals surface area contributed by atoms with Gasteiger partial charge in [0.1, 0.15) is 9.77 Å². The molecule has 0 atom stereocenters. The normalized spacial score (nSPS) is 11.1. The third-order valence-electron chi connectivity index (χ3n) is 2.53. The van der Waals surface area contributed by atoms with Crippen LogP contribution in [-0.2, 0) is 14.8 Å². The number of hydrogen-bond acceptors (Lipinski definition) is 6. The Morgan fingerprint density at radius 1 is 1.38 bits per heavy atom. The van der Waals surface area contributed by atoms with Crippen molar-refractivity contribution in [2.24, 2.45) is 0 Å². The maximum atomic E-state index is 12.4. The highest BCUT2D eigenvalue weighted by atomic mass is 79.9. The minimum absolute atomic E-state index is 0.00971. The van der Waals surface area contributed by atoms with Crippen LogP contribution in [0, 0.1) is 0 Å². The molecule has 0 bridgehead atoms. The topological polar surface area (TPSA) is 98.5 Å². The summed E-state index contributed by atoms with van der Waals surface area (Å²) in [7, 11) is -2.65. The van der Waals surface area contributed by atoms with Crippen LogP contribution in [0.25, 0.3) is 0 Å². The number of methoxy groups -OCH3 is 1. The van der Waals surface area contributed by atoms with E-state index in [4.69, 9.17) is 5.73 Å². The number of rotatable bonds is 4. The molecular formula is C12H11BrN2O4S2. The quantitative estimate of drug-likeness (QED) is 0.617. The molecule has 0 saturated heterocycles. The largest absolute Gasteiger partial charge is 0.465 e. The monoisotopic (exact) mass is 390 g/mol. The number of esters is 1. The summed E-state index contributed by atoms with van der Waals surface area (Å²) in [6.45, 7) is 0. The van der Waals surface area contributed by atoms with Crippen molar-refractivity contribution in [3.05, 3.63) is 39.0 Å². The number of nitrogens with one attached hydrogen (secondary N) is 1. The van der Waals surface area contributed by atoms with Gasteiger partial charge in [0.05, 0.1) is 12.8 Å². The molecular weight excluding hydrogens is 380 g/mol. The summed E-state index contributed by atoms with van der Waals surface area (Å²) in [4.78, 5) is 11.7. The highest BCUT2D eigenvalue weighted by Crippen LogP contribution is 2.29. The summed E-state index contributed by atoms with van der Waals surface area (Å²) in [5.41, 5.74) is 6.10. The zero-order valence-electron chi connectivity index (χ0n) is 10.8. The minimum atomic E-state index is -3.88.